The van der Waals surface area contributed by atoms with Gasteiger partial charge in [0, 0.05) is 40.7 Å². The number of pyridine rings is 1. The molecular formula is C26H29N3O4. The van der Waals surface area contributed by atoms with Crippen molar-refractivity contribution in [3.8, 4) is 11.5 Å². The number of rotatable bonds is 5. The van der Waals surface area contributed by atoms with Crippen LogP contribution in [0.1, 0.15) is 43.7 Å². The lowest BCUT2D eigenvalue weighted by Crippen LogP contribution is -2.37. The largest absolute Gasteiger partial charge is 0.497 e. The molecule has 0 saturated carbocycles. The van der Waals surface area contributed by atoms with Crippen molar-refractivity contribution in [1.82, 2.24) is 10.3 Å². The number of ketones is 1. The van der Waals surface area contributed by atoms with Crippen LogP contribution in [0.3, 0.4) is 0 Å². The zero-order chi connectivity index (χ0) is 23.7. The number of benzene rings is 1. The molecule has 172 valence electrons. The maximum Gasteiger partial charge on any atom is 0.255 e. The van der Waals surface area contributed by atoms with Crippen molar-refractivity contribution in [2.45, 2.75) is 39.5 Å². The van der Waals surface area contributed by atoms with Crippen LogP contribution in [-0.4, -0.2) is 30.9 Å². The number of hydrogen-bond donors (Lipinski definition) is 2. The van der Waals surface area contributed by atoms with Gasteiger partial charge in [0.25, 0.3) is 5.91 Å². The fourth-order valence-corrected chi connectivity index (χ4v) is 4.64. The molecule has 1 aliphatic carbocycles. The Balaban J connectivity index is 1.86. The highest BCUT2D eigenvalue weighted by atomic mass is 16.5. The fraction of sp³-hybridized carbons (Fsp3) is 0.346. The van der Waals surface area contributed by atoms with Gasteiger partial charge in [0.1, 0.15) is 17.3 Å². The monoisotopic (exact) mass is 447 g/mol. The molecule has 0 fully saturated rings. The van der Waals surface area contributed by atoms with Crippen LogP contribution in [-0.2, 0) is 9.59 Å². The number of carbonyl (C=O) groups is 2. The van der Waals surface area contributed by atoms with Crippen molar-refractivity contribution >= 4 is 17.5 Å². The van der Waals surface area contributed by atoms with E-state index in [0.29, 0.717) is 40.6 Å². The molecule has 0 unspecified atom stereocenters. The molecular weight excluding hydrogens is 418 g/mol. The smallest absolute Gasteiger partial charge is 0.255 e. The fourth-order valence-electron chi connectivity index (χ4n) is 4.64. The molecule has 1 aliphatic heterocycles. The lowest BCUT2D eigenvalue weighted by molar-refractivity contribution is -0.117. The van der Waals surface area contributed by atoms with Crippen LogP contribution in [0.4, 0.5) is 5.82 Å². The van der Waals surface area contributed by atoms with Crippen LogP contribution in [0.25, 0.3) is 0 Å². The number of nitrogens with one attached hydrogen (secondary N) is 2. The van der Waals surface area contributed by atoms with Gasteiger partial charge in [-0.05, 0) is 56.0 Å². The minimum absolute atomic E-state index is 0.0392. The number of aryl methyl sites for hydroxylation is 1. The third-order valence-electron chi connectivity index (χ3n) is 6.18. The van der Waals surface area contributed by atoms with Crippen molar-refractivity contribution < 1.29 is 19.1 Å². The summed E-state index contributed by atoms with van der Waals surface area (Å²) in [5.41, 5.74) is 4.37. The van der Waals surface area contributed by atoms with Crippen molar-refractivity contribution in [2.75, 3.05) is 19.5 Å². The molecule has 2 N–H and O–H groups in total. The Hall–Kier alpha value is -3.61. The zero-order valence-corrected chi connectivity index (χ0v) is 19.6. The van der Waals surface area contributed by atoms with Crippen LogP contribution >= 0.6 is 0 Å². The molecule has 0 radical (unpaired) electrons. The lowest BCUT2D eigenvalue weighted by atomic mass is 9.72. The molecule has 7 heteroatoms. The molecule has 7 nitrogen and oxygen atoms in total. The maximum atomic E-state index is 13.6. The van der Waals surface area contributed by atoms with Crippen molar-refractivity contribution in [1.29, 1.82) is 0 Å². The van der Waals surface area contributed by atoms with E-state index in [1.807, 2.05) is 26.0 Å². The third-order valence-corrected chi connectivity index (χ3v) is 6.18. The highest BCUT2D eigenvalue weighted by molar-refractivity contribution is 6.09. The van der Waals surface area contributed by atoms with E-state index in [1.165, 1.54) is 0 Å². The predicted molar refractivity (Wildman–Crippen MR) is 126 cm³/mol. The predicted octanol–water partition coefficient (Wildman–Crippen LogP) is 4.26. The first-order valence-electron chi connectivity index (χ1n) is 11.0. The van der Waals surface area contributed by atoms with Gasteiger partial charge >= 0.3 is 0 Å². The van der Waals surface area contributed by atoms with Crippen molar-refractivity contribution in [3.05, 3.63) is 70.2 Å². The van der Waals surface area contributed by atoms with Gasteiger partial charge < -0.3 is 20.1 Å². The third kappa shape index (κ3) is 4.35. The summed E-state index contributed by atoms with van der Waals surface area (Å²) in [5.74, 6) is 1.04. The Morgan fingerprint density at radius 1 is 1.12 bits per heavy atom. The summed E-state index contributed by atoms with van der Waals surface area (Å²) in [6.45, 7) is 5.87. The normalized spacial score (nSPS) is 20.2. The number of amides is 1. The van der Waals surface area contributed by atoms with Crippen LogP contribution < -0.4 is 20.1 Å². The van der Waals surface area contributed by atoms with Crippen LogP contribution in [0, 0.1) is 12.8 Å². The van der Waals surface area contributed by atoms with E-state index < -0.39 is 5.92 Å². The van der Waals surface area contributed by atoms with Gasteiger partial charge in [-0.15, -0.1) is 0 Å². The molecule has 0 bridgehead atoms. The summed E-state index contributed by atoms with van der Waals surface area (Å²) < 4.78 is 11.1. The number of methoxy groups -OCH3 is 2. The summed E-state index contributed by atoms with van der Waals surface area (Å²) in [6, 6.07) is 9.10. The number of nitrogens with zero attached hydrogens (tertiary/aromatic N) is 1. The molecule has 0 saturated heterocycles. The number of allylic oxidation sites excluding steroid dienone is 3. The Bertz CT molecular complexity index is 1160. The quantitative estimate of drug-likeness (QED) is 0.712. The average molecular weight is 448 g/mol. The van der Waals surface area contributed by atoms with Crippen molar-refractivity contribution in [2.24, 2.45) is 5.92 Å². The molecule has 33 heavy (non-hydrogen) atoms. The molecule has 2 aromatic rings. The SMILES string of the molecule is COc1ccc(OC)c([C@@H]2C(C(=O)Nc3ccc(C)cn3)=C(C)NC3=C2C(=O)C[C@@H](C)C3)c1. The Morgan fingerprint density at radius 2 is 1.91 bits per heavy atom. The summed E-state index contributed by atoms with van der Waals surface area (Å²) in [4.78, 5) is 31.2. The maximum absolute atomic E-state index is 13.6. The standard InChI is InChI=1S/C26H29N3O4/c1-14-6-9-22(27-13-14)29-26(31)23-16(3)28-19-10-15(2)11-20(30)25(19)24(23)18-12-17(32-4)7-8-21(18)33-5/h6-9,12-13,15,24,28H,10-11H2,1-5H3,(H,27,29,31)/t15-,24+/m0/s1. The zero-order valence-electron chi connectivity index (χ0n) is 19.6. The van der Waals surface area contributed by atoms with E-state index in [4.69, 9.17) is 9.47 Å². The summed E-state index contributed by atoms with van der Waals surface area (Å²) in [7, 11) is 3.17. The number of hydrogen-bond acceptors (Lipinski definition) is 6. The van der Waals surface area contributed by atoms with Crippen molar-refractivity contribution in [3.63, 3.8) is 0 Å². The molecule has 4 rings (SSSR count). The Labute approximate surface area is 193 Å². The topological polar surface area (TPSA) is 89.6 Å². The van der Waals surface area contributed by atoms with E-state index in [-0.39, 0.29) is 17.6 Å². The molecule has 2 aliphatic rings. The Morgan fingerprint density at radius 3 is 2.58 bits per heavy atom. The van der Waals surface area contributed by atoms with Gasteiger partial charge in [0.05, 0.1) is 20.1 Å². The second kappa shape index (κ2) is 9.10. The van der Waals surface area contributed by atoms with Gasteiger partial charge in [0.2, 0.25) is 0 Å². The molecule has 0 spiro atoms. The second-order valence-corrected chi connectivity index (χ2v) is 8.71. The molecule has 1 aromatic heterocycles. The van der Waals surface area contributed by atoms with Crippen LogP contribution in [0.5, 0.6) is 11.5 Å². The molecule has 1 amide bonds. The summed E-state index contributed by atoms with van der Waals surface area (Å²) >= 11 is 0. The number of Topliss-reactive ketones (excluding diaryl/α,β-unsaturated/α-hetero) is 1. The van der Waals surface area contributed by atoms with Gasteiger partial charge in [-0.25, -0.2) is 4.98 Å². The number of ether oxygens (including phenoxy) is 2. The van der Waals surface area contributed by atoms with E-state index in [1.54, 1.807) is 38.6 Å². The van der Waals surface area contributed by atoms with E-state index in [9.17, 15) is 9.59 Å². The van der Waals surface area contributed by atoms with E-state index in [0.717, 1.165) is 23.2 Å². The van der Waals surface area contributed by atoms with E-state index >= 15 is 0 Å². The first-order valence-corrected chi connectivity index (χ1v) is 11.0. The second-order valence-electron chi connectivity index (χ2n) is 8.71. The van der Waals surface area contributed by atoms with Crippen LogP contribution in [0.15, 0.2) is 59.1 Å². The summed E-state index contributed by atoms with van der Waals surface area (Å²) in [5, 5.41) is 6.26. The number of dihydropyridines is 1. The number of aromatic nitrogens is 1. The number of anilines is 1. The summed E-state index contributed by atoms with van der Waals surface area (Å²) in [6.07, 6.45) is 2.89. The number of carbonyl (C=O) groups excluding carboxylic acids is 2. The average Bonchev–Trinajstić information content (AvgIpc) is 2.78. The highest BCUT2D eigenvalue weighted by Gasteiger charge is 2.41. The van der Waals surface area contributed by atoms with Gasteiger partial charge in [-0.1, -0.05) is 13.0 Å². The van der Waals surface area contributed by atoms with Crippen LogP contribution in [0.2, 0.25) is 0 Å². The Kier molecular flexibility index (Phi) is 6.22. The lowest BCUT2D eigenvalue weighted by Gasteiger charge is -2.36. The minimum atomic E-state index is -0.586. The molecule has 1 aromatic carbocycles. The minimum Gasteiger partial charge on any atom is -0.497 e. The highest BCUT2D eigenvalue weighted by Crippen LogP contribution is 2.46. The van der Waals surface area contributed by atoms with Gasteiger partial charge in [-0.2, -0.15) is 0 Å². The molecule has 2 atom stereocenters. The first kappa shape index (κ1) is 22.6. The van der Waals surface area contributed by atoms with Gasteiger partial charge in [0.15, 0.2) is 5.78 Å². The van der Waals surface area contributed by atoms with Gasteiger partial charge in [-0.3, -0.25) is 9.59 Å². The first-order chi connectivity index (χ1) is 15.8. The van der Waals surface area contributed by atoms with E-state index in [2.05, 4.69) is 22.5 Å². The molecule has 2 heterocycles.